The number of carbonyl (C=O) groups is 2. The number of hydrogen-bond donors (Lipinski definition) is 2. The molecule has 4 rings (SSSR count). The molecule has 3 fully saturated rings. The zero-order valence-electron chi connectivity index (χ0n) is 11.0. The Bertz CT molecular complexity index is 566. The number of hydrogen-bond acceptors (Lipinski definition) is 4. The Hall–Kier alpha value is -2.12. The summed E-state index contributed by atoms with van der Waals surface area (Å²) in [7, 11) is 0. The fourth-order valence-electron chi connectivity index (χ4n) is 2.84. The highest BCUT2D eigenvalue weighted by Crippen LogP contribution is 2.37. The molecule has 2 saturated heterocycles. The van der Waals surface area contributed by atoms with Gasteiger partial charge in [-0.1, -0.05) is 0 Å². The minimum absolute atomic E-state index is 0.0315. The largest absolute Gasteiger partial charge is 0.336 e. The number of nitrogens with one attached hydrogen (secondary N) is 2. The van der Waals surface area contributed by atoms with Gasteiger partial charge in [0.15, 0.2) is 0 Å². The van der Waals surface area contributed by atoms with E-state index in [4.69, 9.17) is 0 Å². The van der Waals surface area contributed by atoms with Crippen molar-refractivity contribution < 1.29 is 9.59 Å². The van der Waals surface area contributed by atoms with Crippen LogP contribution >= 0.6 is 0 Å². The van der Waals surface area contributed by atoms with E-state index in [-0.39, 0.29) is 23.8 Å². The van der Waals surface area contributed by atoms with Crippen LogP contribution in [-0.2, 0) is 0 Å². The fourth-order valence-corrected chi connectivity index (χ4v) is 2.84. The maximum absolute atomic E-state index is 12.4. The Morgan fingerprint density at radius 2 is 2.15 bits per heavy atom. The Labute approximate surface area is 115 Å². The fraction of sp³-hybridized carbons (Fsp3) is 0.667. The molecular formula is C12H16N6O2. The highest BCUT2D eigenvalue weighted by Gasteiger charge is 2.38. The number of nitrogens with zero attached hydrogens (tertiary/aromatic N) is 4. The number of urea groups is 1. The first-order valence-electron chi connectivity index (χ1n) is 6.98. The van der Waals surface area contributed by atoms with Crippen LogP contribution in [0.4, 0.5) is 4.79 Å². The second kappa shape index (κ2) is 4.19. The normalized spacial score (nSPS) is 25.6. The van der Waals surface area contributed by atoms with Crippen molar-refractivity contribution in [2.75, 3.05) is 26.2 Å². The molecule has 1 unspecified atom stereocenters. The van der Waals surface area contributed by atoms with Crippen molar-refractivity contribution in [3.05, 3.63) is 11.6 Å². The van der Waals surface area contributed by atoms with E-state index in [1.54, 1.807) is 9.80 Å². The molecule has 0 spiro atoms. The van der Waals surface area contributed by atoms with Crippen LogP contribution in [-0.4, -0.2) is 69.1 Å². The van der Waals surface area contributed by atoms with Crippen LogP contribution in [0.3, 0.4) is 0 Å². The summed E-state index contributed by atoms with van der Waals surface area (Å²) in [5.74, 6) is 1.38. The van der Waals surface area contributed by atoms with Gasteiger partial charge >= 0.3 is 6.03 Å². The standard InChI is InChI=1S/C12H16N6O2/c19-11(10-14-9(15-16-10)7-1-2-7)17-3-4-18-8(6-17)5-13-12(18)20/h7-8H,1-6H2,(H,13,20)(H,14,15,16). The van der Waals surface area contributed by atoms with E-state index < -0.39 is 0 Å². The summed E-state index contributed by atoms with van der Waals surface area (Å²) in [5, 5.41) is 9.68. The highest BCUT2D eigenvalue weighted by molar-refractivity contribution is 5.90. The SMILES string of the molecule is O=C(c1n[nH]c(C2CC2)n1)N1CCN2C(=O)NCC2C1. The molecule has 1 saturated carbocycles. The van der Waals surface area contributed by atoms with Gasteiger partial charge in [-0.3, -0.25) is 9.89 Å². The van der Waals surface area contributed by atoms with Crippen LogP contribution in [0, 0.1) is 0 Å². The quantitative estimate of drug-likeness (QED) is 0.763. The van der Waals surface area contributed by atoms with E-state index >= 15 is 0 Å². The summed E-state index contributed by atoms with van der Waals surface area (Å²) >= 11 is 0. The molecule has 0 aromatic carbocycles. The number of H-pyrrole nitrogens is 1. The van der Waals surface area contributed by atoms with Crippen molar-refractivity contribution in [2.24, 2.45) is 0 Å². The van der Waals surface area contributed by atoms with Gasteiger partial charge in [0.25, 0.3) is 5.91 Å². The number of fused-ring (bicyclic) bond motifs is 1. The predicted molar refractivity (Wildman–Crippen MR) is 68.2 cm³/mol. The van der Waals surface area contributed by atoms with Gasteiger partial charge in [-0.25, -0.2) is 9.78 Å². The van der Waals surface area contributed by atoms with Gasteiger partial charge in [-0.05, 0) is 12.8 Å². The summed E-state index contributed by atoms with van der Waals surface area (Å²) < 4.78 is 0. The lowest BCUT2D eigenvalue weighted by molar-refractivity contribution is 0.0605. The average Bonchev–Trinajstić information content (AvgIpc) is 3.09. The molecule has 3 heterocycles. The summed E-state index contributed by atoms with van der Waals surface area (Å²) in [6.07, 6.45) is 2.24. The molecule has 0 radical (unpaired) electrons. The van der Waals surface area contributed by atoms with Gasteiger partial charge in [-0.2, -0.15) is 0 Å². The van der Waals surface area contributed by atoms with Crippen LogP contribution < -0.4 is 5.32 Å². The molecule has 3 amide bonds. The first-order chi connectivity index (χ1) is 9.72. The van der Waals surface area contributed by atoms with E-state index in [0.29, 0.717) is 32.1 Å². The molecule has 1 aromatic rings. The van der Waals surface area contributed by atoms with Crippen molar-refractivity contribution in [3.8, 4) is 0 Å². The molecule has 1 aromatic heterocycles. The van der Waals surface area contributed by atoms with Crippen molar-refractivity contribution >= 4 is 11.9 Å². The van der Waals surface area contributed by atoms with Gasteiger partial charge in [-0.15, -0.1) is 5.10 Å². The lowest BCUT2D eigenvalue weighted by Crippen LogP contribution is -2.53. The first kappa shape index (κ1) is 11.7. The van der Waals surface area contributed by atoms with Crippen LogP contribution in [0.5, 0.6) is 0 Å². The Balaban J connectivity index is 1.47. The Morgan fingerprint density at radius 1 is 1.30 bits per heavy atom. The molecule has 3 aliphatic rings. The number of piperazine rings is 1. The maximum Gasteiger partial charge on any atom is 0.317 e. The zero-order valence-corrected chi connectivity index (χ0v) is 11.0. The number of rotatable bonds is 2. The summed E-state index contributed by atoms with van der Waals surface area (Å²) in [5.41, 5.74) is 0. The second-order valence-electron chi connectivity index (χ2n) is 5.60. The number of carbonyl (C=O) groups excluding carboxylic acids is 2. The van der Waals surface area contributed by atoms with E-state index in [0.717, 1.165) is 18.7 Å². The van der Waals surface area contributed by atoms with Crippen LogP contribution in [0.2, 0.25) is 0 Å². The minimum Gasteiger partial charge on any atom is -0.336 e. The van der Waals surface area contributed by atoms with Crippen molar-refractivity contribution in [1.82, 2.24) is 30.3 Å². The molecule has 8 nitrogen and oxygen atoms in total. The Morgan fingerprint density at radius 3 is 2.95 bits per heavy atom. The number of amides is 3. The molecule has 2 aliphatic heterocycles. The average molecular weight is 276 g/mol. The van der Waals surface area contributed by atoms with Gasteiger partial charge < -0.3 is 15.1 Å². The topological polar surface area (TPSA) is 94.2 Å². The third-order valence-corrected chi connectivity index (χ3v) is 4.18. The molecule has 20 heavy (non-hydrogen) atoms. The van der Waals surface area contributed by atoms with Gasteiger partial charge in [0.1, 0.15) is 5.82 Å². The highest BCUT2D eigenvalue weighted by atomic mass is 16.2. The maximum atomic E-state index is 12.4. The van der Waals surface area contributed by atoms with Gasteiger partial charge in [0.05, 0.1) is 6.04 Å². The molecular weight excluding hydrogens is 260 g/mol. The van der Waals surface area contributed by atoms with Crippen molar-refractivity contribution in [2.45, 2.75) is 24.8 Å². The third-order valence-electron chi connectivity index (χ3n) is 4.18. The predicted octanol–water partition coefficient (Wildman–Crippen LogP) is -0.468. The van der Waals surface area contributed by atoms with Crippen LogP contribution in [0.15, 0.2) is 0 Å². The van der Waals surface area contributed by atoms with E-state index in [9.17, 15) is 9.59 Å². The number of aromatic nitrogens is 3. The molecule has 0 bridgehead atoms. The summed E-state index contributed by atoms with van der Waals surface area (Å²) in [6, 6.07) is 0.0399. The lowest BCUT2D eigenvalue weighted by atomic mass is 10.2. The smallest absolute Gasteiger partial charge is 0.317 e. The Kier molecular flexibility index (Phi) is 2.45. The molecule has 1 aliphatic carbocycles. The summed E-state index contributed by atoms with van der Waals surface area (Å²) in [4.78, 5) is 31.7. The van der Waals surface area contributed by atoms with Crippen LogP contribution in [0.1, 0.15) is 35.2 Å². The van der Waals surface area contributed by atoms with Crippen molar-refractivity contribution in [1.29, 1.82) is 0 Å². The molecule has 1 atom stereocenters. The summed E-state index contributed by atoms with van der Waals surface area (Å²) in [6.45, 7) is 2.26. The van der Waals surface area contributed by atoms with Gasteiger partial charge in [0.2, 0.25) is 5.82 Å². The molecule has 2 N–H and O–H groups in total. The van der Waals surface area contributed by atoms with Crippen molar-refractivity contribution in [3.63, 3.8) is 0 Å². The molecule has 8 heteroatoms. The monoisotopic (exact) mass is 276 g/mol. The minimum atomic E-state index is -0.146. The van der Waals surface area contributed by atoms with Crippen LogP contribution in [0.25, 0.3) is 0 Å². The number of aromatic amines is 1. The van der Waals surface area contributed by atoms with E-state index in [1.165, 1.54) is 0 Å². The second-order valence-corrected chi connectivity index (χ2v) is 5.60. The van der Waals surface area contributed by atoms with Gasteiger partial charge in [0, 0.05) is 32.1 Å². The first-order valence-corrected chi connectivity index (χ1v) is 6.98. The third kappa shape index (κ3) is 1.83. The van der Waals surface area contributed by atoms with E-state index in [1.807, 2.05) is 0 Å². The molecule has 106 valence electrons. The van der Waals surface area contributed by atoms with E-state index in [2.05, 4.69) is 20.5 Å². The zero-order chi connectivity index (χ0) is 13.7. The lowest BCUT2D eigenvalue weighted by Gasteiger charge is -2.35.